The van der Waals surface area contributed by atoms with Crippen LogP contribution in [-0.2, 0) is 5.54 Å². The molecule has 114 valence electrons. The van der Waals surface area contributed by atoms with E-state index >= 15 is 0 Å². The Labute approximate surface area is 128 Å². The molecule has 0 saturated carbocycles. The highest BCUT2D eigenvalue weighted by Gasteiger charge is 2.34. The highest BCUT2D eigenvalue weighted by atomic mass is 15.2. The topological polar surface area (TPSA) is 53.0 Å². The van der Waals surface area contributed by atoms with Crippen LogP contribution in [0.3, 0.4) is 0 Å². The van der Waals surface area contributed by atoms with Gasteiger partial charge in [0.1, 0.15) is 5.54 Å². The third-order valence-electron chi connectivity index (χ3n) is 4.77. The van der Waals surface area contributed by atoms with Crippen molar-refractivity contribution in [3.05, 3.63) is 35.9 Å². The summed E-state index contributed by atoms with van der Waals surface area (Å²) in [7, 11) is 0. The van der Waals surface area contributed by atoms with Crippen molar-refractivity contribution in [2.45, 2.75) is 39.2 Å². The van der Waals surface area contributed by atoms with E-state index in [1.54, 1.807) is 0 Å². The van der Waals surface area contributed by atoms with Crippen LogP contribution in [0.4, 0.5) is 0 Å². The van der Waals surface area contributed by atoms with Gasteiger partial charge in [0.25, 0.3) is 0 Å². The minimum atomic E-state index is -0.907. The Kier molecular flexibility index (Phi) is 4.70. The first-order chi connectivity index (χ1) is 9.85. The molecule has 0 spiro atoms. The van der Waals surface area contributed by atoms with E-state index in [0.717, 1.165) is 24.6 Å². The zero-order valence-corrected chi connectivity index (χ0v) is 13.5. The number of nitrogens with zero attached hydrogens (tertiary/aromatic N) is 2. The molecule has 1 aromatic rings. The van der Waals surface area contributed by atoms with Crippen molar-refractivity contribution in [2.75, 3.05) is 19.6 Å². The van der Waals surface area contributed by atoms with Gasteiger partial charge in [-0.15, -0.1) is 0 Å². The molecule has 1 fully saturated rings. The lowest BCUT2D eigenvalue weighted by Gasteiger charge is -2.40. The van der Waals surface area contributed by atoms with Crippen molar-refractivity contribution in [2.24, 2.45) is 17.1 Å². The minimum absolute atomic E-state index is 0.376. The number of hydrogen-bond donors (Lipinski definition) is 1. The van der Waals surface area contributed by atoms with Crippen LogP contribution in [-0.4, -0.2) is 24.5 Å². The van der Waals surface area contributed by atoms with Crippen LogP contribution >= 0.6 is 0 Å². The molecular weight excluding hydrogens is 258 g/mol. The van der Waals surface area contributed by atoms with E-state index in [2.05, 4.69) is 31.7 Å². The van der Waals surface area contributed by atoms with Gasteiger partial charge in [-0.2, -0.15) is 5.26 Å². The summed E-state index contributed by atoms with van der Waals surface area (Å²) in [5.41, 5.74) is 6.74. The molecule has 3 nitrogen and oxygen atoms in total. The van der Waals surface area contributed by atoms with E-state index in [0.29, 0.717) is 12.0 Å². The van der Waals surface area contributed by atoms with Gasteiger partial charge in [-0.25, -0.2) is 0 Å². The monoisotopic (exact) mass is 285 g/mol. The minimum Gasteiger partial charge on any atom is -0.309 e. The summed E-state index contributed by atoms with van der Waals surface area (Å²) in [5, 5.41) is 9.55. The molecule has 0 radical (unpaired) electrons. The summed E-state index contributed by atoms with van der Waals surface area (Å²) in [6.45, 7) is 9.65. The van der Waals surface area contributed by atoms with E-state index in [9.17, 15) is 5.26 Å². The van der Waals surface area contributed by atoms with E-state index < -0.39 is 5.54 Å². The molecule has 0 amide bonds. The maximum absolute atomic E-state index is 9.55. The second kappa shape index (κ2) is 6.17. The Morgan fingerprint density at radius 3 is 2.24 bits per heavy atom. The van der Waals surface area contributed by atoms with Crippen molar-refractivity contribution in [1.29, 1.82) is 5.26 Å². The maximum atomic E-state index is 9.55. The lowest BCUT2D eigenvalue weighted by Crippen LogP contribution is -2.49. The SMILES string of the molecule is CC(C)(C)C1CCN(CC(N)(C#N)c2ccccc2)CC1. The fraction of sp³-hybridized carbons (Fsp3) is 0.611. The third-order valence-corrected chi connectivity index (χ3v) is 4.77. The molecule has 2 N–H and O–H groups in total. The second-order valence-electron chi connectivity index (χ2n) is 7.37. The van der Waals surface area contributed by atoms with Crippen LogP contribution in [0, 0.1) is 22.7 Å². The van der Waals surface area contributed by atoms with Gasteiger partial charge in [-0.05, 0) is 42.8 Å². The number of benzene rings is 1. The van der Waals surface area contributed by atoms with Crippen molar-refractivity contribution < 1.29 is 0 Å². The molecular formula is C18H27N3. The van der Waals surface area contributed by atoms with Gasteiger partial charge < -0.3 is 10.6 Å². The van der Waals surface area contributed by atoms with Gasteiger partial charge in [0, 0.05) is 6.54 Å². The number of piperidine rings is 1. The van der Waals surface area contributed by atoms with Gasteiger partial charge in [-0.3, -0.25) is 0 Å². The number of nitriles is 1. The van der Waals surface area contributed by atoms with Crippen molar-refractivity contribution in [3.63, 3.8) is 0 Å². The molecule has 1 unspecified atom stereocenters. The molecule has 1 aliphatic heterocycles. The zero-order valence-electron chi connectivity index (χ0n) is 13.5. The van der Waals surface area contributed by atoms with Crippen LogP contribution in [0.2, 0.25) is 0 Å². The molecule has 1 aromatic carbocycles. The summed E-state index contributed by atoms with van der Waals surface area (Å²) in [4.78, 5) is 2.35. The Balaban J connectivity index is 2.01. The quantitative estimate of drug-likeness (QED) is 0.928. The first-order valence-corrected chi connectivity index (χ1v) is 7.83. The summed E-state index contributed by atoms with van der Waals surface area (Å²) >= 11 is 0. The van der Waals surface area contributed by atoms with Crippen molar-refractivity contribution in [3.8, 4) is 6.07 Å². The van der Waals surface area contributed by atoms with Gasteiger partial charge in [-0.1, -0.05) is 51.1 Å². The Bertz CT molecular complexity index is 489. The Morgan fingerprint density at radius 2 is 1.76 bits per heavy atom. The number of likely N-dealkylation sites (tertiary alicyclic amines) is 1. The van der Waals surface area contributed by atoms with Crippen molar-refractivity contribution in [1.82, 2.24) is 4.90 Å². The number of rotatable bonds is 3. The lowest BCUT2D eigenvalue weighted by molar-refractivity contribution is 0.102. The van der Waals surface area contributed by atoms with E-state index in [1.807, 2.05) is 30.3 Å². The van der Waals surface area contributed by atoms with Crippen LogP contribution in [0.5, 0.6) is 0 Å². The molecule has 3 heteroatoms. The van der Waals surface area contributed by atoms with Crippen LogP contribution < -0.4 is 5.73 Å². The highest BCUT2D eigenvalue weighted by Crippen LogP contribution is 2.34. The summed E-state index contributed by atoms with van der Waals surface area (Å²) in [5.74, 6) is 0.764. The number of hydrogen-bond acceptors (Lipinski definition) is 3. The average molecular weight is 285 g/mol. The van der Waals surface area contributed by atoms with Gasteiger partial charge >= 0.3 is 0 Å². The van der Waals surface area contributed by atoms with E-state index in [4.69, 9.17) is 5.73 Å². The fourth-order valence-electron chi connectivity index (χ4n) is 3.24. The summed E-state index contributed by atoms with van der Waals surface area (Å²) < 4.78 is 0. The molecule has 1 atom stereocenters. The smallest absolute Gasteiger partial charge is 0.142 e. The number of nitrogens with two attached hydrogens (primary N) is 1. The molecule has 2 rings (SSSR count). The van der Waals surface area contributed by atoms with E-state index in [1.165, 1.54) is 12.8 Å². The van der Waals surface area contributed by atoms with Crippen LogP contribution in [0.25, 0.3) is 0 Å². The molecule has 0 aromatic heterocycles. The van der Waals surface area contributed by atoms with Crippen molar-refractivity contribution >= 4 is 0 Å². The maximum Gasteiger partial charge on any atom is 0.142 e. The molecule has 1 heterocycles. The second-order valence-corrected chi connectivity index (χ2v) is 7.37. The van der Waals surface area contributed by atoms with E-state index in [-0.39, 0.29) is 0 Å². The zero-order chi connectivity index (χ0) is 15.5. The lowest BCUT2D eigenvalue weighted by atomic mass is 9.75. The highest BCUT2D eigenvalue weighted by molar-refractivity contribution is 5.31. The Morgan fingerprint density at radius 1 is 1.19 bits per heavy atom. The molecule has 0 aliphatic carbocycles. The average Bonchev–Trinajstić information content (AvgIpc) is 2.47. The predicted octanol–water partition coefficient (Wildman–Crippen LogP) is 3.12. The first-order valence-electron chi connectivity index (χ1n) is 7.83. The predicted molar refractivity (Wildman–Crippen MR) is 86.5 cm³/mol. The van der Waals surface area contributed by atoms with Crippen LogP contribution in [0.15, 0.2) is 30.3 Å². The summed E-state index contributed by atoms with van der Waals surface area (Å²) in [6, 6.07) is 12.1. The molecule has 0 bridgehead atoms. The normalized spacial score (nSPS) is 20.7. The standard InChI is InChI=1S/C18H27N3/c1-17(2,3)15-9-11-21(12-10-15)14-18(20,13-19)16-7-5-4-6-8-16/h4-8,15H,9-12,14,20H2,1-3H3. The molecule has 21 heavy (non-hydrogen) atoms. The van der Waals surface area contributed by atoms with Gasteiger partial charge in [0.2, 0.25) is 0 Å². The molecule has 1 aliphatic rings. The first kappa shape index (κ1) is 16.0. The fourth-order valence-corrected chi connectivity index (χ4v) is 3.24. The summed E-state index contributed by atoms with van der Waals surface area (Å²) in [6.07, 6.45) is 2.39. The Hall–Kier alpha value is -1.37. The van der Waals surface area contributed by atoms with Gasteiger partial charge in [0.15, 0.2) is 0 Å². The third kappa shape index (κ3) is 3.84. The molecule has 1 saturated heterocycles. The van der Waals surface area contributed by atoms with Crippen LogP contribution in [0.1, 0.15) is 39.2 Å². The largest absolute Gasteiger partial charge is 0.309 e. The van der Waals surface area contributed by atoms with Gasteiger partial charge in [0.05, 0.1) is 6.07 Å².